The van der Waals surface area contributed by atoms with Gasteiger partial charge in [-0.1, -0.05) is 6.92 Å². The lowest BCUT2D eigenvalue weighted by Crippen LogP contribution is -2.57. The van der Waals surface area contributed by atoms with Gasteiger partial charge in [0.05, 0.1) is 6.61 Å². The first-order valence-electron chi connectivity index (χ1n) is 7.08. The van der Waals surface area contributed by atoms with Crippen LogP contribution in [-0.2, 0) is 9.53 Å². The Morgan fingerprint density at radius 1 is 1.56 bits per heavy atom. The maximum absolute atomic E-state index is 12.2. The Kier molecular flexibility index (Phi) is 4.97. The topological polar surface area (TPSA) is 53.6 Å². The number of morpholine rings is 1. The van der Waals surface area contributed by atoms with Crippen LogP contribution in [0.4, 0.5) is 0 Å². The van der Waals surface area contributed by atoms with Crippen LogP contribution in [0, 0.1) is 0 Å². The van der Waals surface area contributed by atoms with Crippen LogP contribution in [0.1, 0.15) is 26.7 Å². The molecule has 18 heavy (non-hydrogen) atoms. The number of rotatable bonds is 3. The lowest BCUT2D eigenvalue weighted by Gasteiger charge is -2.35. The average molecular weight is 255 g/mol. The molecule has 2 heterocycles. The third-order valence-corrected chi connectivity index (χ3v) is 3.98. The third-order valence-electron chi connectivity index (χ3n) is 3.98. The van der Waals surface area contributed by atoms with Crippen LogP contribution in [-0.4, -0.2) is 61.8 Å². The zero-order valence-electron chi connectivity index (χ0n) is 11.4. The summed E-state index contributed by atoms with van der Waals surface area (Å²) in [5, 5.41) is 6.52. The first-order chi connectivity index (χ1) is 8.70. The molecule has 0 radical (unpaired) electrons. The summed E-state index contributed by atoms with van der Waals surface area (Å²) in [6, 6.07) is 0.598. The highest BCUT2D eigenvalue weighted by atomic mass is 16.5. The van der Waals surface area contributed by atoms with Crippen molar-refractivity contribution in [3.63, 3.8) is 0 Å². The van der Waals surface area contributed by atoms with Gasteiger partial charge in [-0.2, -0.15) is 0 Å². The lowest BCUT2D eigenvalue weighted by molar-refractivity contribution is -0.139. The summed E-state index contributed by atoms with van der Waals surface area (Å²) in [5.74, 6) is 0.0497. The van der Waals surface area contributed by atoms with Crippen molar-refractivity contribution in [1.82, 2.24) is 15.5 Å². The van der Waals surface area contributed by atoms with E-state index in [1.54, 1.807) is 0 Å². The molecule has 0 aromatic rings. The highest BCUT2D eigenvalue weighted by Gasteiger charge is 2.29. The minimum atomic E-state index is -0.298. The first-order valence-corrected chi connectivity index (χ1v) is 7.08. The smallest absolute Gasteiger partial charge is 0.250 e. The van der Waals surface area contributed by atoms with Gasteiger partial charge in [0.1, 0.15) is 6.10 Å². The molecule has 5 nitrogen and oxygen atoms in total. The fourth-order valence-corrected chi connectivity index (χ4v) is 2.67. The van der Waals surface area contributed by atoms with Gasteiger partial charge in [-0.15, -0.1) is 0 Å². The van der Waals surface area contributed by atoms with Gasteiger partial charge in [0.15, 0.2) is 0 Å². The van der Waals surface area contributed by atoms with Crippen molar-refractivity contribution < 1.29 is 9.53 Å². The molecular weight excluding hydrogens is 230 g/mol. The molecule has 0 spiro atoms. The van der Waals surface area contributed by atoms with E-state index >= 15 is 0 Å². The van der Waals surface area contributed by atoms with Crippen molar-refractivity contribution in [1.29, 1.82) is 0 Å². The summed E-state index contributed by atoms with van der Waals surface area (Å²) < 4.78 is 5.57. The monoisotopic (exact) mass is 255 g/mol. The van der Waals surface area contributed by atoms with E-state index in [4.69, 9.17) is 4.74 Å². The SMILES string of the molecule is CCN1CCOC(C(=O)NC2CCCNC2C)C1. The third kappa shape index (κ3) is 3.43. The minimum Gasteiger partial charge on any atom is -0.366 e. The molecule has 2 saturated heterocycles. The van der Waals surface area contributed by atoms with Gasteiger partial charge in [-0.25, -0.2) is 0 Å². The Morgan fingerprint density at radius 3 is 3.11 bits per heavy atom. The standard InChI is InChI=1S/C13H25N3O2/c1-3-16-7-8-18-12(9-16)13(17)15-11-5-4-6-14-10(11)2/h10-12,14H,3-9H2,1-2H3,(H,15,17). The fourth-order valence-electron chi connectivity index (χ4n) is 2.67. The number of amides is 1. The first kappa shape index (κ1) is 13.8. The van der Waals surface area contributed by atoms with E-state index in [9.17, 15) is 4.79 Å². The van der Waals surface area contributed by atoms with E-state index in [-0.39, 0.29) is 18.1 Å². The van der Waals surface area contributed by atoms with Crippen LogP contribution in [0.15, 0.2) is 0 Å². The summed E-state index contributed by atoms with van der Waals surface area (Å²) in [7, 11) is 0. The van der Waals surface area contributed by atoms with Crippen LogP contribution in [0.2, 0.25) is 0 Å². The van der Waals surface area contributed by atoms with Crippen LogP contribution in [0.25, 0.3) is 0 Å². The zero-order chi connectivity index (χ0) is 13.0. The van der Waals surface area contributed by atoms with Crippen molar-refractivity contribution in [2.24, 2.45) is 0 Å². The summed E-state index contributed by atoms with van der Waals surface area (Å²) in [6.45, 7) is 8.59. The molecule has 0 bridgehead atoms. The Labute approximate surface area is 109 Å². The fraction of sp³-hybridized carbons (Fsp3) is 0.923. The van der Waals surface area contributed by atoms with Crippen molar-refractivity contribution in [2.45, 2.75) is 44.9 Å². The zero-order valence-corrected chi connectivity index (χ0v) is 11.4. The molecule has 5 heteroatoms. The van der Waals surface area contributed by atoms with Gasteiger partial charge in [-0.3, -0.25) is 9.69 Å². The number of hydrogen-bond acceptors (Lipinski definition) is 4. The molecule has 2 fully saturated rings. The van der Waals surface area contributed by atoms with Gasteiger partial charge < -0.3 is 15.4 Å². The van der Waals surface area contributed by atoms with Gasteiger partial charge in [-0.05, 0) is 32.9 Å². The van der Waals surface area contributed by atoms with Crippen LogP contribution >= 0.6 is 0 Å². The molecule has 2 N–H and O–H groups in total. The molecule has 1 amide bonds. The molecule has 3 atom stereocenters. The molecule has 2 aliphatic heterocycles. The van der Waals surface area contributed by atoms with Crippen molar-refractivity contribution in [3.8, 4) is 0 Å². The highest BCUT2D eigenvalue weighted by molar-refractivity contribution is 5.81. The van der Waals surface area contributed by atoms with Crippen molar-refractivity contribution in [3.05, 3.63) is 0 Å². The second-order valence-corrected chi connectivity index (χ2v) is 5.25. The molecule has 0 saturated carbocycles. The number of carbonyl (C=O) groups excluding carboxylic acids is 1. The normalized spacial score (nSPS) is 34.2. The van der Waals surface area contributed by atoms with Gasteiger partial charge >= 0.3 is 0 Å². The van der Waals surface area contributed by atoms with Gasteiger partial charge in [0, 0.05) is 25.2 Å². The number of hydrogen-bond donors (Lipinski definition) is 2. The molecule has 0 aliphatic carbocycles. The van der Waals surface area contributed by atoms with Crippen LogP contribution in [0.3, 0.4) is 0 Å². The maximum Gasteiger partial charge on any atom is 0.250 e. The largest absolute Gasteiger partial charge is 0.366 e. The Morgan fingerprint density at radius 2 is 2.39 bits per heavy atom. The molecule has 2 rings (SSSR count). The number of piperidine rings is 1. The quantitative estimate of drug-likeness (QED) is 0.743. The van der Waals surface area contributed by atoms with Gasteiger partial charge in [0.25, 0.3) is 5.91 Å². The number of nitrogens with zero attached hydrogens (tertiary/aromatic N) is 1. The van der Waals surface area contributed by atoms with E-state index in [1.165, 1.54) is 0 Å². The van der Waals surface area contributed by atoms with Crippen molar-refractivity contribution in [2.75, 3.05) is 32.8 Å². The van der Waals surface area contributed by atoms with Crippen LogP contribution in [0.5, 0.6) is 0 Å². The molecule has 104 valence electrons. The van der Waals surface area contributed by atoms with E-state index in [0.717, 1.165) is 39.0 Å². The van der Waals surface area contributed by atoms with Crippen LogP contribution < -0.4 is 10.6 Å². The molecule has 3 unspecified atom stereocenters. The summed E-state index contributed by atoms with van der Waals surface area (Å²) in [4.78, 5) is 14.4. The summed E-state index contributed by atoms with van der Waals surface area (Å²) in [6.07, 6.45) is 1.89. The van der Waals surface area contributed by atoms with E-state index in [2.05, 4.69) is 29.4 Å². The van der Waals surface area contributed by atoms with E-state index in [0.29, 0.717) is 12.6 Å². The van der Waals surface area contributed by atoms with Crippen molar-refractivity contribution >= 4 is 5.91 Å². The number of likely N-dealkylation sites (N-methyl/N-ethyl adjacent to an activating group) is 1. The average Bonchev–Trinajstić information content (AvgIpc) is 2.41. The van der Waals surface area contributed by atoms with Gasteiger partial charge in [0.2, 0.25) is 0 Å². The summed E-state index contributed by atoms with van der Waals surface area (Å²) >= 11 is 0. The predicted molar refractivity (Wildman–Crippen MR) is 70.5 cm³/mol. The lowest BCUT2D eigenvalue weighted by atomic mass is 9.99. The molecular formula is C13H25N3O2. The van der Waals surface area contributed by atoms with E-state index < -0.39 is 0 Å². The Bertz CT molecular complexity index is 285. The highest BCUT2D eigenvalue weighted by Crippen LogP contribution is 2.10. The Hall–Kier alpha value is -0.650. The second kappa shape index (κ2) is 6.50. The molecule has 2 aliphatic rings. The Balaban J connectivity index is 1.83. The number of carbonyl (C=O) groups is 1. The summed E-state index contributed by atoms with van der Waals surface area (Å²) in [5.41, 5.74) is 0. The predicted octanol–water partition coefficient (Wildman–Crippen LogP) is -0.0362. The maximum atomic E-state index is 12.2. The minimum absolute atomic E-state index is 0.0497. The molecule has 0 aromatic carbocycles. The number of ether oxygens (including phenoxy) is 1. The molecule has 0 aromatic heterocycles. The van der Waals surface area contributed by atoms with E-state index in [1.807, 2.05) is 0 Å². The number of nitrogens with one attached hydrogen (secondary N) is 2. The second-order valence-electron chi connectivity index (χ2n) is 5.25.